The van der Waals surface area contributed by atoms with Gasteiger partial charge in [0.1, 0.15) is 0 Å². The summed E-state index contributed by atoms with van der Waals surface area (Å²) in [6, 6.07) is 1.99. The van der Waals surface area contributed by atoms with Gasteiger partial charge in [0.25, 0.3) is 0 Å². The highest BCUT2D eigenvalue weighted by atomic mass is 16.5. The summed E-state index contributed by atoms with van der Waals surface area (Å²) in [5.41, 5.74) is 2.58. The fraction of sp³-hybridized carbons (Fsp3) is 0.706. The summed E-state index contributed by atoms with van der Waals surface area (Å²) in [6.07, 6.45) is 0. The highest BCUT2D eigenvalue weighted by Gasteiger charge is 2.38. The lowest BCUT2D eigenvalue weighted by Gasteiger charge is -2.47. The third-order valence-electron chi connectivity index (χ3n) is 4.20. The molecule has 0 saturated carbocycles. The number of rotatable bonds is 3. The largest absolute Gasteiger partial charge is 0.367 e. The molecule has 2 rings (SSSR count). The van der Waals surface area contributed by atoms with Gasteiger partial charge in [0.2, 0.25) is 0 Å². The third kappa shape index (κ3) is 3.55. The van der Waals surface area contributed by atoms with Gasteiger partial charge in [-0.1, -0.05) is 0 Å². The second-order valence-electron chi connectivity index (χ2n) is 7.53. The molecule has 0 aromatic carbocycles. The lowest BCUT2D eigenvalue weighted by molar-refractivity contribution is -0.178. The van der Waals surface area contributed by atoms with E-state index in [2.05, 4.69) is 37.2 Å². The predicted molar refractivity (Wildman–Crippen MR) is 84.9 cm³/mol. The number of hydrogen-bond donors (Lipinski definition) is 0. The predicted octanol–water partition coefficient (Wildman–Crippen LogP) is 2.71. The quantitative estimate of drug-likeness (QED) is 0.803. The van der Waals surface area contributed by atoms with Crippen molar-refractivity contribution in [1.82, 2.24) is 9.47 Å². The number of ketones is 1. The summed E-state index contributed by atoms with van der Waals surface area (Å²) in [5.74, 6) is 0.199. The molecule has 1 aromatic rings. The third-order valence-corrected chi connectivity index (χ3v) is 4.20. The van der Waals surface area contributed by atoms with Gasteiger partial charge in [0.15, 0.2) is 5.78 Å². The minimum absolute atomic E-state index is 0.199. The first kappa shape index (κ1) is 16.2. The van der Waals surface area contributed by atoms with E-state index in [1.165, 1.54) is 0 Å². The minimum Gasteiger partial charge on any atom is -0.367 e. The second kappa shape index (κ2) is 5.25. The van der Waals surface area contributed by atoms with Crippen molar-refractivity contribution in [3.63, 3.8) is 0 Å². The Bertz CT molecular complexity index is 539. The molecule has 0 unspecified atom stereocenters. The van der Waals surface area contributed by atoms with Crippen LogP contribution in [0, 0.1) is 13.8 Å². The lowest BCUT2D eigenvalue weighted by Crippen LogP contribution is -2.58. The van der Waals surface area contributed by atoms with Gasteiger partial charge in [0, 0.05) is 37.1 Å². The number of carbonyl (C=O) groups excluding carboxylic acids is 1. The number of morpholine rings is 1. The number of nitrogens with zero attached hydrogens (tertiary/aromatic N) is 2. The van der Waals surface area contributed by atoms with E-state index in [1.54, 1.807) is 0 Å². The Kier molecular flexibility index (Phi) is 4.06. The molecule has 4 heteroatoms. The van der Waals surface area contributed by atoms with Gasteiger partial charge in [-0.15, -0.1) is 0 Å². The number of aryl methyl sites for hydroxylation is 1. The maximum absolute atomic E-state index is 12.6. The van der Waals surface area contributed by atoms with Crippen LogP contribution in [0.5, 0.6) is 0 Å². The summed E-state index contributed by atoms with van der Waals surface area (Å²) in [6.45, 7) is 14.4. The number of aromatic nitrogens is 1. The van der Waals surface area contributed by atoms with E-state index in [9.17, 15) is 4.79 Å². The molecule has 0 spiro atoms. The summed E-state index contributed by atoms with van der Waals surface area (Å²) < 4.78 is 8.14. The molecule has 1 fully saturated rings. The Labute approximate surface area is 128 Å². The maximum atomic E-state index is 12.6. The molecular weight excluding hydrogens is 264 g/mol. The molecule has 1 aliphatic heterocycles. The zero-order chi connectivity index (χ0) is 16.0. The molecular formula is C17H28N2O2. The van der Waals surface area contributed by atoms with Crippen LogP contribution in [-0.4, -0.2) is 46.1 Å². The number of Topliss-reactive ketones (excluding diaryl/α,β-unsaturated/α-hetero) is 1. The van der Waals surface area contributed by atoms with Crippen molar-refractivity contribution in [1.29, 1.82) is 0 Å². The van der Waals surface area contributed by atoms with Crippen LogP contribution in [0.15, 0.2) is 6.07 Å². The van der Waals surface area contributed by atoms with E-state index in [4.69, 9.17) is 4.74 Å². The first-order valence-electron chi connectivity index (χ1n) is 7.59. The molecule has 1 aliphatic rings. The topological polar surface area (TPSA) is 34.5 Å². The van der Waals surface area contributed by atoms with Gasteiger partial charge in [-0.3, -0.25) is 9.69 Å². The van der Waals surface area contributed by atoms with E-state index < -0.39 is 0 Å². The fourth-order valence-electron chi connectivity index (χ4n) is 3.48. The molecule has 118 valence electrons. The molecule has 0 N–H and O–H groups in total. The molecule has 21 heavy (non-hydrogen) atoms. The van der Waals surface area contributed by atoms with Gasteiger partial charge in [-0.25, -0.2) is 0 Å². The Hall–Kier alpha value is -1.13. The van der Waals surface area contributed by atoms with Crippen LogP contribution in [-0.2, 0) is 11.8 Å². The first-order valence-corrected chi connectivity index (χ1v) is 7.59. The Morgan fingerprint density at radius 1 is 1.19 bits per heavy atom. The van der Waals surface area contributed by atoms with Crippen LogP contribution in [0.3, 0.4) is 0 Å². The van der Waals surface area contributed by atoms with E-state index in [0.29, 0.717) is 6.54 Å². The molecule has 0 bridgehead atoms. The molecule has 0 aliphatic carbocycles. The molecule has 0 atom stereocenters. The number of ether oxygens (including phenoxy) is 1. The molecule has 0 radical (unpaired) electrons. The molecule has 0 amide bonds. The van der Waals surface area contributed by atoms with Crippen LogP contribution >= 0.6 is 0 Å². The van der Waals surface area contributed by atoms with Gasteiger partial charge < -0.3 is 9.30 Å². The summed E-state index contributed by atoms with van der Waals surface area (Å²) in [4.78, 5) is 14.8. The molecule has 1 saturated heterocycles. The van der Waals surface area contributed by atoms with Gasteiger partial charge in [-0.2, -0.15) is 0 Å². The van der Waals surface area contributed by atoms with Crippen molar-refractivity contribution in [2.24, 2.45) is 7.05 Å². The van der Waals surface area contributed by atoms with Crippen molar-refractivity contribution in [2.45, 2.75) is 52.7 Å². The van der Waals surface area contributed by atoms with Gasteiger partial charge >= 0.3 is 0 Å². The normalized spacial score (nSPS) is 21.5. The average Bonchev–Trinajstić information content (AvgIpc) is 2.52. The second-order valence-corrected chi connectivity index (χ2v) is 7.53. The van der Waals surface area contributed by atoms with Crippen LogP contribution < -0.4 is 0 Å². The average molecular weight is 292 g/mol. The summed E-state index contributed by atoms with van der Waals surface area (Å²) in [5, 5.41) is 0. The summed E-state index contributed by atoms with van der Waals surface area (Å²) >= 11 is 0. The zero-order valence-corrected chi connectivity index (χ0v) is 14.4. The van der Waals surface area contributed by atoms with Crippen molar-refractivity contribution in [3.8, 4) is 0 Å². The van der Waals surface area contributed by atoms with Crippen molar-refractivity contribution < 1.29 is 9.53 Å². The highest BCUT2D eigenvalue weighted by Crippen LogP contribution is 2.28. The van der Waals surface area contributed by atoms with Gasteiger partial charge in [-0.05, 0) is 47.6 Å². The van der Waals surface area contributed by atoms with Crippen molar-refractivity contribution in [2.75, 3.05) is 19.6 Å². The SMILES string of the molecule is Cc1cc(C(=O)CN2CC(C)(C)OC(C)(C)C2)c(C)n1C. The lowest BCUT2D eigenvalue weighted by atomic mass is 9.98. The minimum atomic E-state index is -0.219. The van der Waals surface area contributed by atoms with E-state index in [0.717, 1.165) is 30.0 Å². The highest BCUT2D eigenvalue weighted by molar-refractivity contribution is 5.99. The fourth-order valence-corrected chi connectivity index (χ4v) is 3.48. The zero-order valence-electron chi connectivity index (χ0n) is 14.4. The smallest absolute Gasteiger partial charge is 0.178 e. The number of hydrogen-bond acceptors (Lipinski definition) is 3. The van der Waals surface area contributed by atoms with Crippen LogP contribution in [0.4, 0.5) is 0 Å². The number of carbonyl (C=O) groups is 1. The standard InChI is InChI=1S/C17H28N2O2/c1-12-8-14(13(2)18(12)7)15(20)9-19-10-16(3,4)21-17(5,6)11-19/h8H,9-11H2,1-7H3. The summed E-state index contributed by atoms with van der Waals surface area (Å²) in [7, 11) is 2.00. The van der Waals surface area contributed by atoms with Gasteiger partial charge in [0.05, 0.1) is 17.7 Å². The first-order chi connectivity index (χ1) is 9.51. The van der Waals surface area contributed by atoms with Crippen LogP contribution in [0.1, 0.15) is 49.4 Å². The molecule has 4 nitrogen and oxygen atoms in total. The molecule has 1 aromatic heterocycles. The van der Waals surface area contributed by atoms with E-state index in [-0.39, 0.29) is 17.0 Å². The van der Waals surface area contributed by atoms with E-state index >= 15 is 0 Å². The van der Waals surface area contributed by atoms with E-state index in [1.807, 2.05) is 27.0 Å². The van der Waals surface area contributed by atoms with Crippen LogP contribution in [0.25, 0.3) is 0 Å². The molecule has 2 heterocycles. The Balaban J connectivity index is 2.14. The van der Waals surface area contributed by atoms with Crippen LogP contribution in [0.2, 0.25) is 0 Å². The van der Waals surface area contributed by atoms with Crippen molar-refractivity contribution in [3.05, 3.63) is 23.0 Å². The monoisotopic (exact) mass is 292 g/mol. The maximum Gasteiger partial charge on any atom is 0.178 e. The Morgan fingerprint density at radius 2 is 1.71 bits per heavy atom. The van der Waals surface area contributed by atoms with Crippen molar-refractivity contribution >= 4 is 5.78 Å². The Morgan fingerprint density at radius 3 is 2.14 bits per heavy atom.